The quantitative estimate of drug-likeness (QED) is 0.604. The highest BCUT2D eigenvalue weighted by molar-refractivity contribution is 8.76. The molecule has 1 aromatic rings. The fraction of sp³-hybridized carbons (Fsp3) is 0.625. The molecule has 0 aromatic carbocycles. The lowest BCUT2D eigenvalue weighted by atomic mass is 10.5. The molecular weight excluding hydrogens is 236 g/mol. The Kier molecular flexibility index (Phi) is 4.12. The fourth-order valence-corrected chi connectivity index (χ4v) is 4.24. The molecule has 3 nitrogen and oxygen atoms in total. The molecule has 1 saturated heterocycles. The second-order valence-corrected chi connectivity index (χ2v) is 6.24. The van der Waals surface area contributed by atoms with E-state index in [1.54, 1.807) is 33.1 Å². The molecule has 1 fully saturated rings. The largest absolute Gasteiger partial charge is 0.379 e. The molecule has 6 heteroatoms. The van der Waals surface area contributed by atoms with Crippen molar-refractivity contribution in [2.24, 2.45) is 0 Å². The summed E-state index contributed by atoms with van der Waals surface area (Å²) in [5, 5.41) is 2.09. The van der Waals surface area contributed by atoms with Gasteiger partial charge in [0.25, 0.3) is 0 Å². The minimum absolute atomic E-state index is 0.852. The Bertz CT molecular complexity index is 286. The summed E-state index contributed by atoms with van der Waals surface area (Å²) in [6.07, 6.45) is 0. The number of rotatable bonds is 3. The molecule has 0 bridgehead atoms. The Morgan fingerprint density at radius 2 is 2.29 bits per heavy atom. The molecule has 0 atom stereocenters. The predicted molar refractivity (Wildman–Crippen MR) is 62.7 cm³/mol. The molecule has 0 radical (unpaired) electrons. The van der Waals surface area contributed by atoms with Crippen LogP contribution in [0.25, 0.3) is 0 Å². The highest BCUT2D eigenvalue weighted by atomic mass is 33.1. The Labute approximate surface area is 95.8 Å². The van der Waals surface area contributed by atoms with Crippen LogP contribution in [0.3, 0.4) is 0 Å². The molecule has 2 heterocycles. The molecule has 0 saturated carbocycles. The third-order valence-electron chi connectivity index (χ3n) is 1.78. The number of hydrogen-bond donors (Lipinski definition) is 0. The van der Waals surface area contributed by atoms with E-state index in [1.807, 2.05) is 6.92 Å². The molecule has 14 heavy (non-hydrogen) atoms. The molecule has 1 aliphatic rings. The first-order chi connectivity index (χ1) is 6.84. The number of morpholine rings is 1. The van der Waals surface area contributed by atoms with Crippen LogP contribution in [0.5, 0.6) is 0 Å². The molecular formula is C8H12N2OS3. The highest BCUT2D eigenvalue weighted by Crippen LogP contribution is 2.35. The second-order valence-electron chi connectivity index (χ2n) is 2.95. The molecule has 0 unspecified atom stereocenters. The van der Waals surface area contributed by atoms with E-state index >= 15 is 0 Å². The summed E-state index contributed by atoms with van der Waals surface area (Å²) in [5.41, 5.74) is 1.11. The van der Waals surface area contributed by atoms with Gasteiger partial charge in [-0.05, 0) is 28.7 Å². The number of aromatic nitrogens is 1. The van der Waals surface area contributed by atoms with Crippen molar-refractivity contribution >= 4 is 33.1 Å². The Balaban J connectivity index is 1.76. The lowest BCUT2D eigenvalue weighted by molar-refractivity contribution is 0.0779. The average Bonchev–Trinajstić information content (AvgIpc) is 2.63. The molecule has 0 spiro atoms. The van der Waals surface area contributed by atoms with Crippen LogP contribution in [0.1, 0.15) is 5.69 Å². The van der Waals surface area contributed by atoms with Gasteiger partial charge in [-0.3, -0.25) is 0 Å². The van der Waals surface area contributed by atoms with Crippen molar-refractivity contribution in [3.8, 4) is 0 Å². The molecule has 0 N–H and O–H groups in total. The van der Waals surface area contributed by atoms with Gasteiger partial charge in [-0.15, -0.1) is 11.3 Å². The summed E-state index contributed by atoms with van der Waals surface area (Å²) in [4.78, 5) is 4.40. The van der Waals surface area contributed by atoms with Gasteiger partial charge in [-0.2, -0.15) is 0 Å². The number of thiazole rings is 1. The van der Waals surface area contributed by atoms with Crippen molar-refractivity contribution in [3.63, 3.8) is 0 Å². The van der Waals surface area contributed by atoms with Gasteiger partial charge in [0.05, 0.1) is 13.2 Å². The zero-order valence-electron chi connectivity index (χ0n) is 7.93. The third kappa shape index (κ3) is 3.13. The maximum Gasteiger partial charge on any atom is 0.161 e. The van der Waals surface area contributed by atoms with Crippen LogP contribution in [-0.4, -0.2) is 35.6 Å². The number of nitrogens with zero attached hydrogens (tertiary/aromatic N) is 2. The lowest BCUT2D eigenvalue weighted by Crippen LogP contribution is -2.30. The van der Waals surface area contributed by atoms with E-state index in [9.17, 15) is 0 Å². The van der Waals surface area contributed by atoms with Crippen molar-refractivity contribution in [2.45, 2.75) is 11.3 Å². The van der Waals surface area contributed by atoms with Gasteiger partial charge in [0.1, 0.15) is 0 Å². The third-order valence-corrected chi connectivity index (χ3v) is 5.60. The first-order valence-electron chi connectivity index (χ1n) is 4.44. The van der Waals surface area contributed by atoms with E-state index in [1.165, 1.54) is 0 Å². The van der Waals surface area contributed by atoms with Crippen LogP contribution in [0, 0.1) is 6.92 Å². The minimum atomic E-state index is 0.852. The Morgan fingerprint density at radius 3 is 2.93 bits per heavy atom. The van der Waals surface area contributed by atoms with Crippen molar-refractivity contribution in [2.75, 3.05) is 26.3 Å². The smallest absolute Gasteiger partial charge is 0.161 e. The van der Waals surface area contributed by atoms with Gasteiger partial charge in [0, 0.05) is 24.2 Å². The zero-order valence-corrected chi connectivity index (χ0v) is 10.4. The summed E-state index contributed by atoms with van der Waals surface area (Å²) >= 11 is 1.71. The normalized spacial score (nSPS) is 18.6. The monoisotopic (exact) mass is 248 g/mol. The van der Waals surface area contributed by atoms with Gasteiger partial charge in [-0.25, -0.2) is 9.29 Å². The maximum absolute atomic E-state index is 5.28. The fourth-order valence-electron chi connectivity index (χ4n) is 1.08. The van der Waals surface area contributed by atoms with Gasteiger partial charge in [-0.1, -0.05) is 0 Å². The Hall–Kier alpha value is 0.250. The van der Waals surface area contributed by atoms with Gasteiger partial charge >= 0.3 is 0 Å². The van der Waals surface area contributed by atoms with Crippen molar-refractivity contribution in [3.05, 3.63) is 11.1 Å². The van der Waals surface area contributed by atoms with E-state index in [0.29, 0.717) is 0 Å². The number of hydrogen-bond acceptors (Lipinski definition) is 6. The summed E-state index contributed by atoms with van der Waals surface area (Å²) < 4.78 is 8.74. The van der Waals surface area contributed by atoms with E-state index in [0.717, 1.165) is 36.3 Å². The molecule has 78 valence electrons. The van der Waals surface area contributed by atoms with E-state index in [2.05, 4.69) is 14.7 Å². The molecule has 0 aliphatic carbocycles. The lowest BCUT2D eigenvalue weighted by Gasteiger charge is -2.23. The molecule has 1 aromatic heterocycles. The van der Waals surface area contributed by atoms with E-state index < -0.39 is 0 Å². The second kappa shape index (κ2) is 5.37. The predicted octanol–water partition coefficient (Wildman–Crippen LogP) is 2.44. The van der Waals surface area contributed by atoms with E-state index in [-0.39, 0.29) is 0 Å². The van der Waals surface area contributed by atoms with Crippen LogP contribution in [-0.2, 0) is 4.74 Å². The van der Waals surface area contributed by atoms with Crippen LogP contribution in [0.2, 0.25) is 0 Å². The van der Waals surface area contributed by atoms with E-state index in [4.69, 9.17) is 4.74 Å². The molecule has 0 amide bonds. The highest BCUT2D eigenvalue weighted by Gasteiger charge is 2.12. The Morgan fingerprint density at radius 1 is 1.50 bits per heavy atom. The number of aryl methyl sites for hydroxylation is 1. The van der Waals surface area contributed by atoms with Gasteiger partial charge < -0.3 is 4.74 Å². The zero-order chi connectivity index (χ0) is 9.80. The number of ether oxygens (including phenoxy) is 1. The summed E-state index contributed by atoms with van der Waals surface area (Å²) in [7, 11) is 3.52. The van der Waals surface area contributed by atoms with Crippen LogP contribution in [0.4, 0.5) is 0 Å². The van der Waals surface area contributed by atoms with Crippen molar-refractivity contribution in [1.82, 2.24) is 9.29 Å². The minimum Gasteiger partial charge on any atom is -0.379 e. The SMILES string of the molecule is Cc1csc(SSN2CCOCC2)n1. The standard InChI is InChI=1S/C8H12N2OS3/c1-7-6-12-8(9-7)13-14-10-2-4-11-5-3-10/h6H,2-5H2,1H3. The molecule has 1 aliphatic heterocycles. The topological polar surface area (TPSA) is 25.4 Å². The first-order valence-corrected chi connectivity index (χ1v) is 7.43. The first kappa shape index (κ1) is 10.8. The van der Waals surface area contributed by atoms with Crippen molar-refractivity contribution < 1.29 is 4.74 Å². The van der Waals surface area contributed by atoms with Crippen LogP contribution < -0.4 is 0 Å². The van der Waals surface area contributed by atoms with Gasteiger partial charge in [0.15, 0.2) is 4.34 Å². The summed E-state index contributed by atoms with van der Waals surface area (Å²) in [6, 6.07) is 0. The van der Waals surface area contributed by atoms with Gasteiger partial charge in [0.2, 0.25) is 0 Å². The molecule has 2 rings (SSSR count). The average molecular weight is 248 g/mol. The summed E-state index contributed by atoms with van der Waals surface area (Å²) in [6.45, 7) is 5.76. The maximum atomic E-state index is 5.28. The van der Waals surface area contributed by atoms with Crippen LogP contribution >= 0.6 is 33.1 Å². The van der Waals surface area contributed by atoms with Crippen molar-refractivity contribution in [1.29, 1.82) is 0 Å². The van der Waals surface area contributed by atoms with Crippen LogP contribution in [0.15, 0.2) is 9.72 Å². The summed E-state index contributed by atoms with van der Waals surface area (Å²) in [5.74, 6) is 0.